The molecule has 4 rings (SSSR count). The Hall–Kier alpha value is -2.43. The molecule has 2 atom stereocenters. The summed E-state index contributed by atoms with van der Waals surface area (Å²) in [6.07, 6.45) is 1.54. The van der Waals surface area contributed by atoms with Crippen molar-refractivity contribution in [3.8, 4) is 11.1 Å². The van der Waals surface area contributed by atoms with E-state index in [1.807, 2.05) is 0 Å². The van der Waals surface area contributed by atoms with Crippen LogP contribution < -0.4 is 4.72 Å². The van der Waals surface area contributed by atoms with Gasteiger partial charge >= 0.3 is 0 Å². The summed E-state index contributed by atoms with van der Waals surface area (Å²) in [5.74, 6) is -2.73. The predicted octanol–water partition coefficient (Wildman–Crippen LogP) is 3.26. The lowest BCUT2D eigenvalue weighted by atomic mass is 9.91. The van der Waals surface area contributed by atoms with E-state index in [1.54, 1.807) is 11.0 Å². The van der Waals surface area contributed by atoms with Gasteiger partial charge in [-0.2, -0.15) is 0 Å². The number of benzene rings is 2. The summed E-state index contributed by atoms with van der Waals surface area (Å²) in [5, 5.41) is 0. The highest BCUT2D eigenvalue weighted by Crippen LogP contribution is 2.55. The quantitative estimate of drug-likeness (QED) is 0.609. The van der Waals surface area contributed by atoms with E-state index in [1.165, 1.54) is 26.2 Å². The fourth-order valence-corrected chi connectivity index (χ4v) is 5.82. The van der Waals surface area contributed by atoms with E-state index in [2.05, 4.69) is 4.72 Å². The van der Waals surface area contributed by atoms with Gasteiger partial charge in [-0.1, -0.05) is 18.2 Å². The standard InChI is InChI=1S/C24H27F3N2O4S/c1-3-34(31,32)28-23-20(29(21(30)13-33-2)14-24(23)7-8-24)11-15-5-4-6-19(22(15)27)16-9-17(25)12-18(26)10-16/h4-6,9-10,12,20,23,28H,3,7-8,11,13-14H2,1-2H3/t20-,23+/m0/s1. The number of carbonyl (C=O) groups is 1. The number of ether oxygens (including phenoxy) is 1. The van der Waals surface area contributed by atoms with Crippen molar-refractivity contribution in [2.45, 2.75) is 38.3 Å². The fraction of sp³-hybridized carbons (Fsp3) is 0.458. The number of nitrogens with one attached hydrogen (secondary N) is 1. The number of sulfonamides is 1. The van der Waals surface area contributed by atoms with Crippen LogP contribution in [0.2, 0.25) is 0 Å². The van der Waals surface area contributed by atoms with Crippen LogP contribution in [0.25, 0.3) is 11.1 Å². The Bertz CT molecular complexity index is 1180. The second kappa shape index (κ2) is 9.31. The molecule has 1 amide bonds. The first-order valence-electron chi connectivity index (χ1n) is 11.1. The highest BCUT2D eigenvalue weighted by Gasteiger charge is 2.61. The number of rotatable bonds is 8. The lowest BCUT2D eigenvalue weighted by Crippen LogP contribution is -2.50. The smallest absolute Gasteiger partial charge is 0.248 e. The molecule has 0 unspecified atom stereocenters. The Morgan fingerprint density at radius 2 is 1.85 bits per heavy atom. The molecule has 1 spiro atoms. The number of halogens is 3. The molecule has 1 N–H and O–H groups in total. The Morgan fingerprint density at radius 3 is 2.44 bits per heavy atom. The topological polar surface area (TPSA) is 75.7 Å². The number of amides is 1. The zero-order valence-electron chi connectivity index (χ0n) is 19.0. The summed E-state index contributed by atoms with van der Waals surface area (Å²) < 4.78 is 75.7. The van der Waals surface area contributed by atoms with Gasteiger partial charge in [0.05, 0.1) is 11.8 Å². The van der Waals surface area contributed by atoms with E-state index in [0.29, 0.717) is 12.6 Å². The third-order valence-electron chi connectivity index (χ3n) is 6.78. The Balaban J connectivity index is 1.72. The largest absolute Gasteiger partial charge is 0.375 e. The van der Waals surface area contributed by atoms with Crippen molar-refractivity contribution in [2.75, 3.05) is 26.0 Å². The first-order valence-corrected chi connectivity index (χ1v) is 12.8. The van der Waals surface area contributed by atoms with E-state index in [4.69, 9.17) is 4.74 Å². The average molecular weight is 497 g/mol. The van der Waals surface area contributed by atoms with Gasteiger partial charge in [0, 0.05) is 36.7 Å². The maximum atomic E-state index is 15.6. The van der Waals surface area contributed by atoms with Gasteiger partial charge in [0.25, 0.3) is 0 Å². The Morgan fingerprint density at radius 1 is 1.18 bits per heavy atom. The van der Waals surface area contributed by atoms with Crippen LogP contribution in [0.3, 0.4) is 0 Å². The first kappa shape index (κ1) is 24.7. The van der Waals surface area contributed by atoms with Crippen LogP contribution in [0.5, 0.6) is 0 Å². The number of nitrogens with zero attached hydrogens (tertiary/aromatic N) is 1. The summed E-state index contributed by atoms with van der Waals surface area (Å²) in [5.41, 5.74) is -0.0930. The van der Waals surface area contributed by atoms with Gasteiger partial charge in [-0.3, -0.25) is 4.79 Å². The van der Waals surface area contributed by atoms with E-state index in [0.717, 1.165) is 25.0 Å². The highest BCUT2D eigenvalue weighted by atomic mass is 32.2. The van der Waals surface area contributed by atoms with Gasteiger partial charge in [-0.15, -0.1) is 0 Å². The lowest BCUT2D eigenvalue weighted by molar-refractivity contribution is -0.136. The minimum absolute atomic E-state index is 0.0236. The van der Waals surface area contributed by atoms with Crippen LogP contribution in [-0.2, 0) is 26.0 Å². The molecule has 2 aliphatic rings. The maximum Gasteiger partial charge on any atom is 0.248 e. The van der Waals surface area contributed by atoms with Crippen molar-refractivity contribution >= 4 is 15.9 Å². The van der Waals surface area contributed by atoms with Crippen molar-refractivity contribution in [3.05, 3.63) is 59.4 Å². The zero-order valence-corrected chi connectivity index (χ0v) is 19.8. The first-order chi connectivity index (χ1) is 16.1. The van der Waals surface area contributed by atoms with Gasteiger partial charge in [0.2, 0.25) is 15.9 Å². The molecule has 10 heteroatoms. The molecule has 6 nitrogen and oxygen atoms in total. The van der Waals surface area contributed by atoms with Crippen molar-refractivity contribution < 1.29 is 31.1 Å². The van der Waals surface area contributed by atoms with Gasteiger partial charge in [-0.25, -0.2) is 26.3 Å². The molecule has 2 aromatic rings. The number of methoxy groups -OCH3 is 1. The van der Waals surface area contributed by atoms with Crippen LogP contribution in [0.1, 0.15) is 25.3 Å². The Kier molecular flexibility index (Phi) is 6.76. The summed E-state index contributed by atoms with van der Waals surface area (Å²) in [4.78, 5) is 14.4. The van der Waals surface area contributed by atoms with Crippen molar-refractivity contribution in [1.82, 2.24) is 9.62 Å². The molecule has 0 radical (unpaired) electrons. The molecule has 184 valence electrons. The van der Waals surface area contributed by atoms with Crippen LogP contribution in [0.4, 0.5) is 13.2 Å². The van der Waals surface area contributed by atoms with E-state index < -0.39 is 45.0 Å². The van der Waals surface area contributed by atoms with Gasteiger partial charge in [0.1, 0.15) is 24.1 Å². The fourth-order valence-electron chi connectivity index (χ4n) is 4.86. The monoisotopic (exact) mass is 496 g/mol. The van der Waals surface area contributed by atoms with Gasteiger partial charge < -0.3 is 9.64 Å². The van der Waals surface area contributed by atoms with Gasteiger partial charge in [0.15, 0.2) is 0 Å². The van der Waals surface area contributed by atoms with E-state index in [-0.39, 0.29) is 41.4 Å². The van der Waals surface area contributed by atoms with Crippen molar-refractivity contribution in [3.63, 3.8) is 0 Å². The van der Waals surface area contributed by atoms with E-state index in [9.17, 15) is 22.0 Å². The van der Waals surface area contributed by atoms with Crippen LogP contribution in [-0.4, -0.2) is 57.3 Å². The average Bonchev–Trinajstić information content (AvgIpc) is 3.49. The zero-order chi connectivity index (χ0) is 24.7. The lowest BCUT2D eigenvalue weighted by Gasteiger charge is -2.29. The van der Waals surface area contributed by atoms with Crippen LogP contribution in [0, 0.1) is 22.9 Å². The maximum absolute atomic E-state index is 15.6. The minimum Gasteiger partial charge on any atom is -0.375 e. The SMILES string of the molecule is CCS(=O)(=O)N[C@@H]1[C@H](Cc2cccc(-c3cc(F)cc(F)c3)c2F)N(C(=O)COC)CC12CC2. The number of hydrogen-bond acceptors (Lipinski definition) is 4. The minimum atomic E-state index is -3.59. The van der Waals surface area contributed by atoms with E-state index >= 15 is 4.39 Å². The molecule has 0 aromatic heterocycles. The molecule has 0 bridgehead atoms. The highest BCUT2D eigenvalue weighted by molar-refractivity contribution is 7.89. The molecular formula is C24H27F3N2O4S. The van der Waals surface area contributed by atoms with Gasteiger partial charge in [-0.05, 0) is 49.4 Å². The summed E-state index contributed by atoms with van der Waals surface area (Å²) >= 11 is 0. The third-order valence-corrected chi connectivity index (χ3v) is 8.15. The summed E-state index contributed by atoms with van der Waals surface area (Å²) in [6, 6.07) is 6.13. The molecule has 1 aliphatic carbocycles. The summed E-state index contributed by atoms with van der Waals surface area (Å²) in [7, 11) is -2.19. The second-order valence-corrected chi connectivity index (χ2v) is 11.1. The van der Waals surface area contributed by atoms with Crippen LogP contribution in [0.15, 0.2) is 36.4 Å². The normalized spacial score (nSPS) is 21.3. The van der Waals surface area contributed by atoms with Crippen molar-refractivity contribution in [1.29, 1.82) is 0 Å². The molecular weight excluding hydrogens is 469 g/mol. The molecule has 2 fully saturated rings. The van der Waals surface area contributed by atoms with Crippen LogP contribution >= 0.6 is 0 Å². The molecule has 34 heavy (non-hydrogen) atoms. The third kappa shape index (κ3) is 4.85. The number of hydrogen-bond donors (Lipinski definition) is 1. The molecule has 2 aromatic carbocycles. The predicted molar refractivity (Wildman–Crippen MR) is 121 cm³/mol. The molecule has 1 heterocycles. The number of likely N-dealkylation sites (tertiary alicyclic amines) is 1. The summed E-state index contributed by atoms with van der Waals surface area (Å²) in [6.45, 7) is 1.71. The Labute approximate surface area is 197 Å². The molecule has 1 saturated heterocycles. The molecule has 1 aliphatic heterocycles. The number of carbonyl (C=O) groups excluding carboxylic acids is 1. The molecule has 1 saturated carbocycles. The van der Waals surface area contributed by atoms with Crippen molar-refractivity contribution in [2.24, 2.45) is 5.41 Å². The second-order valence-electron chi connectivity index (χ2n) is 9.02.